The molecule has 2 rings (SSSR count). The van der Waals surface area contributed by atoms with E-state index in [0.29, 0.717) is 11.8 Å². The first-order valence-electron chi connectivity index (χ1n) is 3.82. The van der Waals surface area contributed by atoms with Gasteiger partial charge in [-0.25, -0.2) is 0 Å². The average Bonchev–Trinajstić information content (AvgIpc) is 2.44. The number of rotatable bonds is 1. The van der Waals surface area contributed by atoms with Crippen LogP contribution >= 0.6 is 0 Å². The second-order valence-corrected chi connectivity index (χ2v) is 3.36. The van der Waals surface area contributed by atoms with Gasteiger partial charge in [-0.05, 0) is 24.7 Å². The predicted octanol–water partition coefficient (Wildman–Crippen LogP) is 0.509. The molecule has 1 saturated carbocycles. The molecule has 0 spiro atoms. The van der Waals surface area contributed by atoms with Crippen molar-refractivity contribution in [2.75, 3.05) is 0 Å². The first-order valence-corrected chi connectivity index (χ1v) is 3.82. The molecule has 2 nitrogen and oxygen atoms in total. The number of hydrogen-bond donors (Lipinski definition) is 2. The molecule has 2 aliphatic carbocycles. The average molecular weight is 140 g/mol. The molecule has 2 bridgehead atoms. The van der Waals surface area contributed by atoms with Crippen molar-refractivity contribution in [3.8, 4) is 0 Å². The van der Waals surface area contributed by atoms with E-state index in [1.165, 1.54) is 0 Å². The van der Waals surface area contributed by atoms with Gasteiger partial charge in [0.2, 0.25) is 0 Å². The number of aliphatic hydroxyl groups is 2. The van der Waals surface area contributed by atoms with Gasteiger partial charge in [0, 0.05) is 5.92 Å². The fourth-order valence-electron chi connectivity index (χ4n) is 2.17. The Bertz CT molecular complexity index is 163. The Hall–Kier alpha value is -0.340. The molecule has 10 heavy (non-hydrogen) atoms. The SMILES string of the molecule is OC(O)C1CC2C=CC1C2. The molecule has 0 heterocycles. The van der Waals surface area contributed by atoms with E-state index in [9.17, 15) is 0 Å². The Labute approximate surface area is 60.2 Å². The third-order valence-electron chi connectivity index (χ3n) is 2.71. The van der Waals surface area contributed by atoms with Gasteiger partial charge in [-0.1, -0.05) is 12.2 Å². The summed E-state index contributed by atoms with van der Waals surface area (Å²) in [5, 5.41) is 17.8. The van der Waals surface area contributed by atoms with Crippen LogP contribution in [0, 0.1) is 17.8 Å². The van der Waals surface area contributed by atoms with E-state index in [2.05, 4.69) is 12.2 Å². The molecule has 2 N–H and O–H groups in total. The summed E-state index contributed by atoms with van der Waals surface area (Å²) in [6, 6.07) is 0. The summed E-state index contributed by atoms with van der Waals surface area (Å²) in [6.45, 7) is 0. The molecule has 1 fully saturated rings. The van der Waals surface area contributed by atoms with Crippen molar-refractivity contribution in [3.05, 3.63) is 12.2 Å². The third-order valence-corrected chi connectivity index (χ3v) is 2.71. The quantitative estimate of drug-likeness (QED) is 0.411. The molecule has 3 unspecified atom stereocenters. The van der Waals surface area contributed by atoms with E-state index < -0.39 is 6.29 Å². The second kappa shape index (κ2) is 2.07. The highest BCUT2D eigenvalue weighted by Gasteiger charge is 2.38. The molecule has 2 aliphatic rings. The fraction of sp³-hybridized carbons (Fsp3) is 0.750. The predicted molar refractivity (Wildman–Crippen MR) is 37.1 cm³/mol. The van der Waals surface area contributed by atoms with Gasteiger partial charge < -0.3 is 10.2 Å². The monoisotopic (exact) mass is 140 g/mol. The van der Waals surface area contributed by atoms with Crippen molar-refractivity contribution in [2.45, 2.75) is 19.1 Å². The first-order chi connectivity index (χ1) is 4.77. The summed E-state index contributed by atoms with van der Waals surface area (Å²) in [6.07, 6.45) is 5.34. The van der Waals surface area contributed by atoms with E-state index in [4.69, 9.17) is 10.2 Å². The topological polar surface area (TPSA) is 40.5 Å². The summed E-state index contributed by atoms with van der Waals surface area (Å²) in [5.41, 5.74) is 0. The van der Waals surface area contributed by atoms with Crippen molar-refractivity contribution >= 4 is 0 Å². The van der Waals surface area contributed by atoms with Crippen LogP contribution in [0.4, 0.5) is 0 Å². The Balaban J connectivity index is 2.09. The van der Waals surface area contributed by atoms with Crippen molar-refractivity contribution in [1.29, 1.82) is 0 Å². The Morgan fingerprint density at radius 2 is 2.00 bits per heavy atom. The molecule has 0 radical (unpaired) electrons. The zero-order valence-corrected chi connectivity index (χ0v) is 5.77. The Morgan fingerprint density at radius 1 is 1.20 bits per heavy atom. The van der Waals surface area contributed by atoms with Crippen molar-refractivity contribution in [1.82, 2.24) is 0 Å². The lowest BCUT2D eigenvalue weighted by Gasteiger charge is -2.19. The summed E-state index contributed by atoms with van der Waals surface area (Å²) < 4.78 is 0. The minimum atomic E-state index is -1.10. The zero-order chi connectivity index (χ0) is 7.14. The minimum Gasteiger partial charge on any atom is -0.368 e. The zero-order valence-electron chi connectivity index (χ0n) is 5.77. The van der Waals surface area contributed by atoms with Crippen LogP contribution in [0.2, 0.25) is 0 Å². The summed E-state index contributed by atoms with van der Waals surface area (Å²) in [4.78, 5) is 0. The highest BCUT2D eigenvalue weighted by atomic mass is 16.5. The molecule has 0 amide bonds. The van der Waals surface area contributed by atoms with Crippen LogP contribution in [0.25, 0.3) is 0 Å². The van der Waals surface area contributed by atoms with Crippen LogP contribution in [-0.4, -0.2) is 16.5 Å². The maximum atomic E-state index is 8.90. The molecule has 0 aliphatic heterocycles. The standard InChI is InChI=1S/C8H12O2/c9-8(10)7-4-5-1-2-6(7)3-5/h1-2,5-10H,3-4H2. The molecule has 56 valence electrons. The van der Waals surface area contributed by atoms with Gasteiger partial charge in [0.1, 0.15) is 0 Å². The number of fused-ring (bicyclic) bond motifs is 2. The van der Waals surface area contributed by atoms with Gasteiger partial charge in [0.25, 0.3) is 0 Å². The van der Waals surface area contributed by atoms with Gasteiger partial charge >= 0.3 is 0 Å². The molecule has 0 aromatic heterocycles. The lowest BCUT2D eigenvalue weighted by atomic mass is 9.93. The summed E-state index contributed by atoms with van der Waals surface area (Å²) in [5.74, 6) is 1.21. The molecular formula is C8H12O2. The lowest BCUT2D eigenvalue weighted by molar-refractivity contribution is -0.0904. The van der Waals surface area contributed by atoms with Gasteiger partial charge in [-0.2, -0.15) is 0 Å². The van der Waals surface area contributed by atoms with Crippen LogP contribution in [0.15, 0.2) is 12.2 Å². The molecular weight excluding hydrogens is 128 g/mol. The first kappa shape index (κ1) is 6.38. The van der Waals surface area contributed by atoms with Crippen LogP contribution < -0.4 is 0 Å². The molecule has 0 saturated heterocycles. The van der Waals surface area contributed by atoms with E-state index in [1.807, 2.05) is 0 Å². The highest BCUT2D eigenvalue weighted by Crippen LogP contribution is 2.44. The lowest BCUT2D eigenvalue weighted by Crippen LogP contribution is -2.23. The van der Waals surface area contributed by atoms with E-state index in [-0.39, 0.29) is 5.92 Å². The Kier molecular flexibility index (Phi) is 1.32. The number of hydrogen-bond acceptors (Lipinski definition) is 2. The normalized spacial score (nSPS) is 43.7. The van der Waals surface area contributed by atoms with Crippen molar-refractivity contribution in [3.63, 3.8) is 0 Å². The minimum absolute atomic E-state index is 0.120. The largest absolute Gasteiger partial charge is 0.368 e. The summed E-state index contributed by atoms with van der Waals surface area (Å²) >= 11 is 0. The van der Waals surface area contributed by atoms with Crippen LogP contribution in [0.1, 0.15) is 12.8 Å². The molecule has 2 heteroatoms. The van der Waals surface area contributed by atoms with Crippen LogP contribution in [-0.2, 0) is 0 Å². The van der Waals surface area contributed by atoms with Crippen LogP contribution in [0.5, 0.6) is 0 Å². The highest BCUT2D eigenvalue weighted by molar-refractivity contribution is 5.10. The third kappa shape index (κ3) is 0.796. The van der Waals surface area contributed by atoms with Gasteiger partial charge in [-0.15, -0.1) is 0 Å². The van der Waals surface area contributed by atoms with E-state index >= 15 is 0 Å². The smallest absolute Gasteiger partial charge is 0.154 e. The van der Waals surface area contributed by atoms with Gasteiger partial charge in [0.15, 0.2) is 6.29 Å². The molecule has 0 aromatic carbocycles. The summed E-state index contributed by atoms with van der Waals surface area (Å²) in [7, 11) is 0. The molecule has 0 aromatic rings. The number of allylic oxidation sites excluding steroid dienone is 2. The maximum absolute atomic E-state index is 8.90. The van der Waals surface area contributed by atoms with Gasteiger partial charge in [-0.3, -0.25) is 0 Å². The van der Waals surface area contributed by atoms with E-state index in [0.717, 1.165) is 12.8 Å². The number of aliphatic hydroxyl groups excluding tert-OH is 1. The van der Waals surface area contributed by atoms with Crippen molar-refractivity contribution in [2.24, 2.45) is 17.8 Å². The second-order valence-electron chi connectivity index (χ2n) is 3.36. The Morgan fingerprint density at radius 3 is 2.30 bits per heavy atom. The van der Waals surface area contributed by atoms with E-state index in [1.54, 1.807) is 0 Å². The fourth-order valence-corrected chi connectivity index (χ4v) is 2.17. The molecule has 3 atom stereocenters. The van der Waals surface area contributed by atoms with Gasteiger partial charge in [0.05, 0.1) is 0 Å². The maximum Gasteiger partial charge on any atom is 0.154 e. The van der Waals surface area contributed by atoms with Crippen molar-refractivity contribution < 1.29 is 10.2 Å². The van der Waals surface area contributed by atoms with Crippen LogP contribution in [0.3, 0.4) is 0 Å².